The van der Waals surface area contributed by atoms with Gasteiger partial charge in [0.2, 0.25) is 5.91 Å². The lowest BCUT2D eigenvalue weighted by atomic mass is 10.1. The fourth-order valence-corrected chi connectivity index (χ4v) is 4.27. The van der Waals surface area contributed by atoms with Gasteiger partial charge in [0.05, 0.1) is 16.9 Å². The monoisotopic (exact) mass is 472 g/mol. The van der Waals surface area contributed by atoms with Gasteiger partial charge in [-0.25, -0.2) is 9.78 Å². The normalized spacial score (nSPS) is 10.5. The summed E-state index contributed by atoms with van der Waals surface area (Å²) in [6.07, 6.45) is 0. The number of rotatable bonds is 8. The number of aromatic nitrogens is 1. The van der Waals surface area contributed by atoms with Crippen LogP contribution in [0.3, 0.4) is 0 Å². The van der Waals surface area contributed by atoms with Crippen molar-refractivity contribution in [3.8, 4) is 5.75 Å². The Hall–Kier alpha value is -3.97. The Morgan fingerprint density at radius 2 is 1.71 bits per heavy atom. The highest BCUT2D eigenvalue weighted by Crippen LogP contribution is 2.29. The van der Waals surface area contributed by atoms with Crippen LogP contribution in [0, 0.1) is 6.92 Å². The molecule has 3 aromatic carbocycles. The second kappa shape index (κ2) is 10.8. The van der Waals surface area contributed by atoms with E-state index < -0.39 is 5.97 Å². The maximum atomic E-state index is 12.8. The second-order valence-corrected chi connectivity index (χ2v) is 8.49. The van der Waals surface area contributed by atoms with Crippen molar-refractivity contribution in [2.24, 2.45) is 0 Å². The van der Waals surface area contributed by atoms with Crippen LogP contribution in [0.4, 0.5) is 10.8 Å². The number of amides is 1. The number of thiazole rings is 1. The molecule has 0 atom stereocenters. The van der Waals surface area contributed by atoms with Crippen LogP contribution in [0.2, 0.25) is 0 Å². The molecule has 6 nitrogen and oxygen atoms in total. The van der Waals surface area contributed by atoms with E-state index in [0.717, 1.165) is 22.6 Å². The molecular weight excluding hydrogens is 448 g/mol. The third-order valence-corrected chi connectivity index (χ3v) is 5.91. The van der Waals surface area contributed by atoms with Crippen LogP contribution in [0.15, 0.2) is 84.2 Å². The zero-order chi connectivity index (χ0) is 23.9. The number of carbonyl (C=O) groups excluding carboxylic acids is 2. The average Bonchev–Trinajstić information content (AvgIpc) is 3.30. The molecule has 34 heavy (non-hydrogen) atoms. The highest BCUT2D eigenvalue weighted by molar-refractivity contribution is 7.14. The SMILES string of the molecule is CC(=O)N(c1cccc(C)c1)c1nc(COC(=O)c2ccccc2COc2ccccc2)cs1. The number of carbonyl (C=O) groups is 2. The number of hydrogen-bond donors (Lipinski definition) is 0. The Bertz CT molecular complexity index is 1290. The molecule has 0 radical (unpaired) electrons. The standard InChI is InChI=1S/C27H24N2O4S/c1-19-9-8-11-23(15-19)29(20(2)30)27-28-22(18-34-27)17-33-26(31)25-14-7-6-10-21(25)16-32-24-12-4-3-5-13-24/h3-15,18H,16-17H2,1-2H3. The summed E-state index contributed by atoms with van der Waals surface area (Å²) in [6, 6.07) is 24.3. The van der Waals surface area contributed by atoms with Crippen molar-refractivity contribution in [3.05, 3.63) is 107 Å². The molecule has 0 aliphatic rings. The van der Waals surface area contributed by atoms with Crippen LogP contribution < -0.4 is 9.64 Å². The lowest BCUT2D eigenvalue weighted by Gasteiger charge is -2.18. The van der Waals surface area contributed by atoms with Crippen LogP contribution in [0.25, 0.3) is 0 Å². The molecule has 172 valence electrons. The Morgan fingerprint density at radius 3 is 2.47 bits per heavy atom. The minimum atomic E-state index is -0.455. The fourth-order valence-electron chi connectivity index (χ4n) is 3.40. The minimum Gasteiger partial charge on any atom is -0.489 e. The molecule has 0 saturated heterocycles. The number of anilines is 2. The van der Waals surface area contributed by atoms with E-state index in [1.807, 2.05) is 73.7 Å². The van der Waals surface area contributed by atoms with Gasteiger partial charge in [-0.15, -0.1) is 11.3 Å². The van der Waals surface area contributed by atoms with Crippen LogP contribution in [0.1, 0.15) is 34.1 Å². The van der Waals surface area contributed by atoms with Crippen molar-refractivity contribution in [3.63, 3.8) is 0 Å². The maximum absolute atomic E-state index is 12.8. The van der Waals surface area contributed by atoms with Gasteiger partial charge in [0, 0.05) is 17.9 Å². The summed E-state index contributed by atoms with van der Waals surface area (Å²) in [5, 5.41) is 2.32. The molecular formula is C27H24N2O4S. The predicted octanol–water partition coefficient (Wildman–Crippen LogP) is 6.07. The molecule has 7 heteroatoms. The number of hydrogen-bond acceptors (Lipinski definition) is 6. The third-order valence-electron chi connectivity index (χ3n) is 5.03. The second-order valence-electron chi connectivity index (χ2n) is 7.65. The molecule has 0 fully saturated rings. The number of benzene rings is 3. The molecule has 1 aromatic heterocycles. The number of ether oxygens (including phenoxy) is 2. The van der Waals surface area contributed by atoms with Crippen molar-refractivity contribution in [2.45, 2.75) is 27.1 Å². The Labute approximate surface area is 202 Å². The number of para-hydroxylation sites is 1. The first kappa shape index (κ1) is 23.2. The smallest absolute Gasteiger partial charge is 0.338 e. The van der Waals surface area contributed by atoms with Gasteiger partial charge in [0.1, 0.15) is 19.0 Å². The van der Waals surface area contributed by atoms with E-state index in [1.54, 1.807) is 22.4 Å². The predicted molar refractivity (Wildman–Crippen MR) is 132 cm³/mol. The van der Waals surface area contributed by atoms with Gasteiger partial charge in [-0.05, 0) is 42.8 Å². The van der Waals surface area contributed by atoms with E-state index in [0.29, 0.717) is 16.4 Å². The molecule has 0 N–H and O–H groups in total. The molecule has 0 spiro atoms. The van der Waals surface area contributed by atoms with Gasteiger partial charge in [0.25, 0.3) is 0 Å². The van der Waals surface area contributed by atoms with E-state index in [9.17, 15) is 9.59 Å². The number of esters is 1. The molecule has 0 aliphatic heterocycles. The Morgan fingerprint density at radius 1 is 0.941 bits per heavy atom. The van der Waals surface area contributed by atoms with Crippen molar-refractivity contribution < 1.29 is 19.1 Å². The summed E-state index contributed by atoms with van der Waals surface area (Å²) in [5.41, 5.74) is 3.55. The molecule has 1 heterocycles. The van der Waals surface area contributed by atoms with Crippen LogP contribution in [-0.4, -0.2) is 16.9 Å². The van der Waals surface area contributed by atoms with E-state index >= 15 is 0 Å². The van der Waals surface area contributed by atoms with Gasteiger partial charge in [-0.1, -0.05) is 48.5 Å². The lowest BCUT2D eigenvalue weighted by Crippen LogP contribution is -2.22. The Balaban J connectivity index is 1.43. The van der Waals surface area contributed by atoms with Crippen molar-refractivity contribution in [1.82, 2.24) is 4.98 Å². The summed E-state index contributed by atoms with van der Waals surface area (Å²) >= 11 is 1.33. The molecule has 0 unspecified atom stereocenters. The highest BCUT2D eigenvalue weighted by Gasteiger charge is 2.19. The summed E-state index contributed by atoms with van der Waals surface area (Å²) in [7, 11) is 0. The van der Waals surface area contributed by atoms with E-state index in [4.69, 9.17) is 9.47 Å². The summed E-state index contributed by atoms with van der Waals surface area (Å²) in [6.45, 7) is 3.72. The number of aryl methyl sites for hydroxylation is 1. The lowest BCUT2D eigenvalue weighted by molar-refractivity contribution is -0.115. The zero-order valence-electron chi connectivity index (χ0n) is 18.9. The molecule has 0 aliphatic carbocycles. The molecule has 0 bridgehead atoms. The van der Waals surface area contributed by atoms with Crippen LogP contribution in [-0.2, 0) is 22.7 Å². The molecule has 1 amide bonds. The number of nitrogens with zero attached hydrogens (tertiary/aromatic N) is 2. The quantitative estimate of drug-likeness (QED) is 0.291. The van der Waals surface area contributed by atoms with E-state index in [1.165, 1.54) is 18.3 Å². The minimum absolute atomic E-state index is 0.00275. The molecule has 4 rings (SSSR count). The fraction of sp³-hybridized carbons (Fsp3) is 0.148. The van der Waals surface area contributed by atoms with Crippen molar-refractivity contribution in [1.29, 1.82) is 0 Å². The average molecular weight is 473 g/mol. The molecule has 0 saturated carbocycles. The van der Waals surface area contributed by atoms with Gasteiger partial charge in [0.15, 0.2) is 5.13 Å². The third kappa shape index (κ3) is 5.68. The zero-order valence-corrected chi connectivity index (χ0v) is 19.7. The summed E-state index contributed by atoms with van der Waals surface area (Å²) in [4.78, 5) is 31.2. The van der Waals surface area contributed by atoms with Crippen molar-refractivity contribution in [2.75, 3.05) is 4.90 Å². The van der Waals surface area contributed by atoms with E-state index in [2.05, 4.69) is 4.98 Å². The van der Waals surface area contributed by atoms with Crippen LogP contribution in [0.5, 0.6) is 5.75 Å². The van der Waals surface area contributed by atoms with Gasteiger partial charge in [-0.3, -0.25) is 9.69 Å². The topological polar surface area (TPSA) is 68.7 Å². The van der Waals surface area contributed by atoms with Crippen molar-refractivity contribution >= 4 is 34.0 Å². The first-order chi connectivity index (χ1) is 16.5. The molecule has 4 aromatic rings. The van der Waals surface area contributed by atoms with Gasteiger partial charge in [-0.2, -0.15) is 0 Å². The summed E-state index contributed by atoms with van der Waals surface area (Å²) < 4.78 is 11.3. The van der Waals surface area contributed by atoms with Gasteiger partial charge < -0.3 is 9.47 Å². The maximum Gasteiger partial charge on any atom is 0.338 e. The highest BCUT2D eigenvalue weighted by atomic mass is 32.1. The largest absolute Gasteiger partial charge is 0.489 e. The Kier molecular flexibility index (Phi) is 7.34. The van der Waals surface area contributed by atoms with Crippen LogP contribution >= 0.6 is 11.3 Å². The van der Waals surface area contributed by atoms with Gasteiger partial charge >= 0.3 is 5.97 Å². The first-order valence-electron chi connectivity index (χ1n) is 10.8. The summed E-state index contributed by atoms with van der Waals surface area (Å²) in [5.74, 6) is 0.129. The van der Waals surface area contributed by atoms with E-state index in [-0.39, 0.29) is 19.1 Å². The first-order valence-corrected chi connectivity index (χ1v) is 11.6.